The van der Waals surface area contributed by atoms with Crippen LogP contribution < -0.4 is 9.47 Å². The fourth-order valence-electron chi connectivity index (χ4n) is 2.24. The van der Waals surface area contributed by atoms with Gasteiger partial charge in [0.25, 0.3) is 0 Å². The lowest BCUT2D eigenvalue weighted by Gasteiger charge is -2.07. The van der Waals surface area contributed by atoms with Crippen molar-refractivity contribution in [3.05, 3.63) is 64.3 Å². The van der Waals surface area contributed by atoms with Crippen LogP contribution in [0.2, 0.25) is 5.02 Å². The van der Waals surface area contributed by atoms with Crippen molar-refractivity contribution < 1.29 is 19.0 Å². The van der Waals surface area contributed by atoms with Crippen LogP contribution in [0.1, 0.15) is 11.1 Å². The fraction of sp³-hybridized carbons (Fsp3) is 0.111. The van der Waals surface area contributed by atoms with Gasteiger partial charge in [0, 0.05) is 11.6 Å². The molecule has 0 saturated heterocycles. The minimum Gasteiger partial charge on any atom is -0.497 e. The first-order chi connectivity index (χ1) is 11.6. The van der Waals surface area contributed by atoms with Gasteiger partial charge in [-0.3, -0.25) is 0 Å². The van der Waals surface area contributed by atoms with Crippen LogP contribution in [-0.4, -0.2) is 26.1 Å². The van der Waals surface area contributed by atoms with Gasteiger partial charge in [-0.05, 0) is 30.3 Å². The van der Waals surface area contributed by atoms with Crippen molar-refractivity contribution in [3.8, 4) is 11.5 Å². The van der Waals surface area contributed by atoms with Crippen molar-refractivity contribution in [2.45, 2.75) is 0 Å². The van der Waals surface area contributed by atoms with Gasteiger partial charge in [0.05, 0.1) is 24.8 Å². The molecule has 2 aromatic rings. The molecule has 0 saturated carbocycles. The molecular formula is C18H14ClNO4. The Bertz CT molecular complexity index is 858. The van der Waals surface area contributed by atoms with E-state index in [9.17, 15) is 4.79 Å². The third kappa shape index (κ3) is 3.12. The van der Waals surface area contributed by atoms with Gasteiger partial charge >= 0.3 is 5.97 Å². The Labute approximate surface area is 144 Å². The Morgan fingerprint density at radius 3 is 2.62 bits per heavy atom. The molecule has 0 N–H and O–H groups in total. The van der Waals surface area contributed by atoms with Gasteiger partial charge in [-0.2, -0.15) is 0 Å². The van der Waals surface area contributed by atoms with Crippen LogP contribution in [0.15, 0.2) is 53.2 Å². The monoisotopic (exact) mass is 343 g/mol. The summed E-state index contributed by atoms with van der Waals surface area (Å²) < 4.78 is 15.7. The summed E-state index contributed by atoms with van der Waals surface area (Å²) in [4.78, 5) is 16.3. The second-order valence-corrected chi connectivity index (χ2v) is 5.33. The Hall–Kier alpha value is -2.79. The summed E-state index contributed by atoms with van der Waals surface area (Å²) in [5.74, 6) is 0.867. The highest BCUT2D eigenvalue weighted by Crippen LogP contribution is 2.29. The summed E-state index contributed by atoms with van der Waals surface area (Å²) in [5, 5.41) is 0.465. The highest BCUT2D eigenvalue weighted by molar-refractivity contribution is 6.34. The lowest BCUT2D eigenvalue weighted by atomic mass is 10.1. The summed E-state index contributed by atoms with van der Waals surface area (Å²) in [7, 11) is 3.11. The van der Waals surface area contributed by atoms with E-state index >= 15 is 0 Å². The zero-order valence-corrected chi connectivity index (χ0v) is 13.8. The van der Waals surface area contributed by atoms with Crippen LogP contribution in [-0.2, 0) is 9.53 Å². The highest BCUT2D eigenvalue weighted by atomic mass is 35.5. The average Bonchev–Trinajstić information content (AvgIpc) is 2.96. The Morgan fingerprint density at radius 2 is 1.92 bits per heavy atom. The first kappa shape index (κ1) is 16.1. The number of nitrogens with zero attached hydrogens (tertiary/aromatic N) is 1. The summed E-state index contributed by atoms with van der Waals surface area (Å²) in [6.07, 6.45) is 1.60. The second kappa shape index (κ2) is 6.76. The minimum atomic E-state index is -0.539. The predicted molar refractivity (Wildman–Crippen MR) is 91.6 cm³/mol. The number of carbonyl (C=O) groups is 1. The Balaban J connectivity index is 1.99. The molecule has 0 bridgehead atoms. The molecule has 1 heterocycles. The standard InChI is InChI=1S/C18H14ClNO4/c1-22-12-8-7-11(16(10-12)23-2)9-15-18(21)24-17(20-15)13-5-3-4-6-14(13)19/h3-10H,1-2H3. The molecule has 2 aromatic carbocycles. The highest BCUT2D eigenvalue weighted by Gasteiger charge is 2.25. The van der Waals surface area contributed by atoms with E-state index in [0.29, 0.717) is 27.6 Å². The largest absolute Gasteiger partial charge is 0.497 e. The summed E-state index contributed by atoms with van der Waals surface area (Å²) in [6, 6.07) is 12.3. The number of carbonyl (C=O) groups excluding carboxylic acids is 1. The molecule has 5 nitrogen and oxygen atoms in total. The molecule has 3 rings (SSSR count). The first-order valence-electron chi connectivity index (χ1n) is 7.12. The maximum atomic E-state index is 12.1. The number of methoxy groups -OCH3 is 2. The third-order valence-corrected chi connectivity index (χ3v) is 3.79. The SMILES string of the molecule is COc1ccc(C=C2N=C(c3ccccc3Cl)OC2=O)c(OC)c1. The van der Waals surface area contributed by atoms with Crippen LogP contribution >= 0.6 is 11.6 Å². The smallest absolute Gasteiger partial charge is 0.363 e. The molecule has 0 radical (unpaired) electrons. The third-order valence-electron chi connectivity index (χ3n) is 3.46. The molecule has 0 fully saturated rings. The Morgan fingerprint density at radius 1 is 1.12 bits per heavy atom. The van der Waals surface area contributed by atoms with Gasteiger partial charge < -0.3 is 14.2 Å². The van der Waals surface area contributed by atoms with Crippen molar-refractivity contribution >= 4 is 29.5 Å². The minimum absolute atomic E-state index is 0.174. The predicted octanol–water partition coefficient (Wildman–Crippen LogP) is 3.70. The molecule has 6 heteroatoms. The zero-order valence-electron chi connectivity index (χ0n) is 13.1. The van der Waals surface area contributed by atoms with Crippen molar-refractivity contribution in [1.29, 1.82) is 0 Å². The molecule has 24 heavy (non-hydrogen) atoms. The fourth-order valence-corrected chi connectivity index (χ4v) is 2.46. The Kier molecular flexibility index (Phi) is 4.53. The number of halogens is 1. The van der Waals surface area contributed by atoms with E-state index in [2.05, 4.69) is 4.99 Å². The molecule has 122 valence electrons. The van der Waals surface area contributed by atoms with E-state index in [1.54, 1.807) is 62.8 Å². The van der Waals surface area contributed by atoms with Gasteiger partial charge in [0.2, 0.25) is 5.90 Å². The van der Waals surface area contributed by atoms with Gasteiger partial charge in [0.15, 0.2) is 5.70 Å². The number of cyclic esters (lactones) is 1. The molecule has 0 aliphatic carbocycles. The summed E-state index contributed by atoms with van der Waals surface area (Å²) >= 11 is 6.12. The maximum absolute atomic E-state index is 12.1. The number of esters is 1. The van der Waals surface area contributed by atoms with Crippen molar-refractivity contribution in [2.75, 3.05) is 14.2 Å². The lowest BCUT2D eigenvalue weighted by molar-refractivity contribution is -0.129. The van der Waals surface area contributed by atoms with Crippen molar-refractivity contribution in [3.63, 3.8) is 0 Å². The number of hydrogen-bond acceptors (Lipinski definition) is 5. The number of benzene rings is 2. The second-order valence-electron chi connectivity index (χ2n) is 4.92. The van der Waals surface area contributed by atoms with Gasteiger partial charge in [-0.25, -0.2) is 9.79 Å². The normalized spacial score (nSPS) is 15.2. The van der Waals surface area contributed by atoms with E-state index in [4.69, 9.17) is 25.8 Å². The van der Waals surface area contributed by atoms with Crippen LogP contribution in [0.5, 0.6) is 11.5 Å². The van der Waals surface area contributed by atoms with Gasteiger partial charge in [-0.15, -0.1) is 0 Å². The van der Waals surface area contributed by atoms with Crippen LogP contribution in [0, 0.1) is 0 Å². The number of aliphatic imine (C=N–C) groups is 1. The number of ether oxygens (including phenoxy) is 3. The van der Waals surface area contributed by atoms with Gasteiger partial charge in [-0.1, -0.05) is 23.7 Å². The summed E-state index contributed by atoms with van der Waals surface area (Å²) in [6.45, 7) is 0. The number of rotatable bonds is 4. The molecule has 0 unspecified atom stereocenters. The van der Waals surface area contributed by atoms with Crippen LogP contribution in [0.3, 0.4) is 0 Å². The molecule has 1 aliphatic heterocycles. The van der Waals surface area contributed by atoms with E-state index < -0.39 is 5.97 Å². The maximum Gasteiger partial charge on any atom is 0.363 e. The van der Waals surface area contributed by atoms with Crippen molar-refractivity contribution in [1.82, 2.24) is 0 Å². The van der Waals surface area contributed by atoms with E-state index in [0.717, 1.165) is 0 Å². The number of hydrogen-bond donors (Lipinski definition) is 0. The van der Waals surface area contributed by atoms with Crippen molar-refractivity contribution in [2.24, 2.45) is 4.99 Å². The van der Waals surface area contributed by atoms with E-state index in [-0.39, 0.29) is 11.6 Å². The first-order valence-corrected chi connectivity index (χ1v) is 7.49. The quantitative estimate of drug-likeness (QED) is 0.627. The zero-order chi connectivity index (χ0) is 17.1. The topological polar surface area (TPSA) is 57.1 Å². The van der Waals surface area contributed by atoms with E-state index in [1.807, 2.05) is 0 Å². The average molecular weight is 344 g/mol. The molecule has 0 atom stereocenters. The molecule has 1 aliphatic rings. The summed E-state index contributed by atoms with van der Waals surface area (Å²) in [5.41, 5.74) is 1.43. The molecule has 0 spiro atoms. The molecular weight excluding hydrogens is 330 g/mol. The van der Waals surface area contributed by atoms with Crippen LogP contribution in [0.4, 0.5) is 0 Å². The lowest BCUT2D eigenvalue weighted by Crippen LogP contribution is -2.05. The van der Waals surface area contributed by atoms with Gasteiger partial charge in [0.1, 0.15) is 11.5 Å². The molecule has 0 aromatic heterocycles. The van der Waals surface area contributed by atoms with Crippen LogP contribution in [0.25, 0.3) is 6.08 Å². The molecule has 0 amide bonds. The van der Waals surface area contributed by atoms with E-state index in [1.165, 1.54) is 0 Å².